The van der Waals surface area contributed by atoms with Crippen LogP contribution < -0.4 is 5.73 Å². The molecule has 0 radical (unpaired) electrons. The second-order valence-electron chi connectivity index (χ2n) is 6.45. The molecule has 0 spiro atoms. The summed E-state index contributed by atoms with van der Waals surface area (Å²) in [7, 11) is 0. The van der Waals surface area contributed by atoms with Gasteiger partial charge in [-0.25, -0.2) is 0 Å². The Kier molecular flexibility index (Phi) is 2.33. The highest BCUT2D eigenvalue weighted by atomic mass is 16.3. The smallest absolute Gasteiger partial charge is 0.0866 e. The SMILES string of the molecule is NC12CN3CCN(C1)CC(c1cccnc1)(C3)C2O. The normalized spacial score (nSPS) is 48.2. The van der Waals surface area contributed by atoms with Gasteiger partial charge in [-0.3, -0.25) is 14.8 Å². The summed E-state index contributed by atoms with van der Waals surface area (Å²) in [6.45, 7) is 5.46. The fourth-order valence-corrected chi connectivity index (χ4v) is 4.34. The lowest BCUT2D eigenvalue weighted by atomic mass is 9.63. The fourth-order valence-electron chi connectivity index (χ4n) is 4.34. The lowest BCUT2D eigenvalue weighted by molar-refractivity contribution is -0.0890. The van der Waals surface area contributed by atoms with Crippen LogP contribution in [-0.4, -0.2) is 70.8 Å². The first kappa shape index (κ1) is 11.8. The average Bonchev–Trinajstić information content (AvgIpc) is 2.64. The molecular weight excluding hydrogens is 240 g/mol. The maximum absolute atomic E-state index is 10.9. The number of hydrogen-bond donors (Lipinski definition) is 2. The Labute approximate surface area is 113 Å². The van der Waals surface area contributed by atoms with E-state index in [0.29, 0.717) is 0 Å². The van der Waals surface area contributed by atoms with E-state index in [4.69, 9.17) is 5.73 Å². The minimum Gasteiger partial charge on any atom is -0.390 e. The van der Waals surface area contributed by atoms with Gasteiger partial charge in [-0.15, -0.1) is 0 Å². The van der Waals surface area contributed by atoms with E-state index in [1.807, 2.05) is 12.3 Å². The van der Waals surface area contributed by atoms with Gasteiger partial charge in [-0.05, 0) is 11.6 Å². The van der Waals surface area contributed by atoms with Crippen molar-refractivity contribution < 1.29 is 5.11 Å². The van der Waals surface area contributed by atoms with Crippen molar-refractivity contribution in [2.24, 2.45) is 5.73 Å². The summed E-state index contributed by atoms with van der Waals surface area (Å²) in [5.41, 5.74) is 6.86. The van der Waals surface area contributed by atoms with Gasteiger partial charge >= 0.3 is 0 Å². The Morgan fingerprint density at radius 1 is 1.21 bits per heavy atom. The molecule has 0 aliphatic carbocycles. The number of aromatic nitrogens is 1. The summed E-state index contributed by atoms with van der Waals surface area (Å²) < 4.78 is 0. The first-order chi connectivity index (χ1) is 9.12. The van der Waals surface area contributed by atoms with E-state index in [9.17, 15) is 5.11 Å². The first-order valence-corrected chi connectivity index (χ1v) is 6.95. The molecule has 19 heavy (non-hydrogen) atoms. The summed E-state index contributed by atoms with van der Waals surface area (Å²) in [6.07, 6.45) is 3.18. The minimum atomic E-state index is -0.511. The lowest BCUT2D eigenvalue weighted by Gasteiger charge is -2.58. The highest BCUT2D eigenvalue weighted by Gasteiger charge is 2.60. The van der Waals surface area contributed by atoms with E-state index < -0.39 is 11.6 Å². The summed E-state index contributed by atoms with van der Waals surface area (Å²) in [4.78, 5) is 9.06. The van der Waals surface area contributed by atoms with Crippen LogP contribution in [0.5, 0.6) is 0 Å². The minimum absolute atomic E-state index is 0.282. The van der Waals surface area contributed by atoms with Crippen LogP contribution in [0.2, 0.25) is 0 Å². The lowest BCUT2D eigenvalue weighted by Crippen LogP contribution is -2.78. The predicted octanol–water partition coefficient (Wildman–Crippen LogP) is -0.977. The first-order valence-electron chi connectivity index (χ1n) is 6.95. The van der Waals surface area contributed by atoms with Crippen molar-refractivity contribution in [2.45, 2.75) is 17.1 Å². The largest absolute Gasteiger partial charge is 0.390 e. The maximum Gasteiger partial charge on any atom is 0.0866 e. The van der Waals surface area contributed by atoms with Crippen molar-refractivity contribution >= 4 is 0 Å². The number of fused-ring (bicyclic) bond motifs is 1. The number of piperidine rings is 2. The molecule has 5 heteroatoms. The molecule has 1 aromatic heterocycles. The number of aliphatic hydroxyl groups is 1. The van der Waals surface area contributed by atoms with Crippen LogP contribution in [0.15, 0.2) is 24.5 Å². The highest BCUT2D eigenvalue weighted by molar-refractivity contribution is 5.33. The third-order valence-corrected chi connectivity index (χ3v) is 5.08. The second kappa shape index (κ2) is 3.76. The summed E-state index contributed by atoms with van der Waals surface area (Å²) in [5, 5.41) is 10.9. The molecule has 0 saturated carbocycles. The molecule has 0 amide bonds. The zero-order valence-electron chi connectivity index (χ0n) is 11.0. The van der Waals surface area contributed by atoms with Crippen LogP contribution in [0.1, 0.15) is 5.56 Å². The van der Waals surface area contributed by atoms with E-state index in [0.717, 1.165) is 44.8 Å². The summed E-state index contributed by atoms with van der Waals surface area (Å²) in [5.74, 6) is 0. The molecule has 0 aromatic carbocycles. The van der Waals surface area contributed by atoms with Crippen LogP contribution in [0, 0.1) is 0 Å². The van der Waals surface area contributed by atoms with E-state index in [1.54, 1.807) is 6.20 Å². The molecule has 4 saturated heterocycles. The van der Waals surface area contributed by atoms with Gasteiger partial charge in [0.1, 0.15) is 0 Å². The molecule has 3 atom stereocenters. The maximum atomic E-state index is 10.9. The number of hydrogen-bond acceptors (Lipinski definition) is 5. The Hall–Kier alpha value is -1.01. The van der Waals surface area contributed by atoms with Gasteiger partial charge in [0.05, 0.1) is 17.1 Å². The van der Waals surface area contributed by atoms with E-state index in [-0.39, 0.29) is 5.41 Å². The van der Waals surface area contributed by atoms with E-state index in [2.05, 4.69) is 20.9 Å². The standard InChI is InChI=1S/C14H20N4O/c15-14-9-17-4-5-18(10-14)8-13(7-17,12(14)19)11-2-1-3-16-6-11/h1-3,6,12,19H,4-5,7-10,15H2. The van der Waals surface area contributed by atoms with Crippen molar-refractivity contribution in [3.63, 3.8) is 0 Å². The van der Waals surface area contributed by atoms with Crippen molar-refractivity contribution in [3.05, 3.63) is 30.1 Å². The zero-order valence-corrected chi connectivity index (χ0v) is 11.0. The number of nitrogens with zero attached hydrogens (tertiary/aromatic N) is 3. The Morgan fingerprint density at radius 2 is 1.89 bits per heavy atom. The van der Waals surface area contributed by atoms with Gasteiger partial charge < -0.3 is 10.8 Å². The molecule has 5 nitrogen and oxygen atoms in total. The Bertz CT molecular complexity index is 475. The van der Waals surface area contributed by atoms with Gasteiger partial charge in [0.15, 0.2) is 0 Å². The molecule has 3 N–H and O–H groups in total. The van der Waals surface area contributed by atoms with Crippen molar-refractivity contribution in [1.82, 2.24) is 14.8 Å². The number of rotatable bonds is 1. The molecule has 5 rings (SSSR count). The fraction of sp³-hybridized carbons (Fsp3) is 0.643. The Morgan fingerprint density at radius 3 is 2.47 bits per heavy atom. The topological polar surface area (TPSA) is 65.6 Å². The number of nitrogens with two attached hydrogens (primary N) is 1. The second-order valence-corrected chi connectivity index (χ2v) is 6.45. The quantitative estimate of drug-likeness (QED) is 0.680. The van der Waals surface area contributed by atoms with E-state index in [1.165, 1.54) is 0 Å². The third-order valence-electron chi connectivity index (χ3n) is 5.08. The van der Waals surface area contributed by atoms with Crippen LogP contribution in [-0.2, 0) is 5.41 Å². The number of pyridine rings is 1. The molecule has 4 aliphatic rings. The number of aliphatic hydroxyl groups excluding tert-OH is 1. The third kappa shape index (κ3) is 1.53. The van der Waals surface area contributed by atoms with Crippen LogP contribution in [0.3, 0.4) is 0 Å². The molecule has 4 bridgehead atoms. The van der Waals surface area contributed by atoms with Crippen LogP contribution >= 0.6 is 0 Å². The van der Waals surface area contributed by atoms with Gasteiger partial charge in [-0.1, -0.05) is 6.07 Å². The highest BCUT2D eigenvalue weighted by Crippen LogP contribution is 2.43. The van der Waals surface area contributed by atoms with Gasteiger partial charge in [-0.2, -0.15) is 0 Å². The van der Waals surface area contributed by atoms with Crippen molar-refractivity contribution in [2.75, 3.05) is 39.3 Å². The van der Waals surface area contributed by atoms with Crippen molar-refractivity contribution in [3.8, 4) is 0 Å². The van der Waals surface area contributed by atoms with Gasteiger partial charge in [0.2, 0.25) is 0 Å². The molecule has 4 fully saturated rings. The van der Waals surface area contributed by atoms with E-state index >= 15 is 0 Å². The van der Waals surface area contributed by atoms with Crippen molar-refractivity contribution in [1.29, 1.82) is 0 Å². The molecule has 1 aromatic rings. The molecular formula is C14H20N4O. The summed E-state index contributed by atoms with van der Waals surface area (Å²) >= 11 is 0. The predicted molar refractivity (Wildman–Crippen MR) is 71.7 cm³/mol. The van der Waals surface area contributed by atoms with Gasteiger partial charge in [0, 0.05) is 51.7 Å². The summed E-state index contributed by atoms with van der Waals surface area (Å²) in [6, 6.07) is 4.03. The monoisotopic (exact) mass is 260 g/mol. The van der Waals surface area contributed by atoms with Crippen LogP contribution in [0.25, 0.3) is 0 Å². The molecule has 4 aliphatic heterocycles. The Balaban J connectivity index is 1.87. The molecule has 5 heterocycles. The average molecular weight is 260 g/mol. The van der Waals surface area contributed by atoms with Crippen LogP contribution in [0.4, 0.5) is 0 Å². The molecule has 102 valence electrons. The molecule has 3 unspecified atom stereocenters. The van der Waals surface area contributed by atoms with Gasteiger partial charge in [0.25, 0.3) is 0 Å². The zero-order chi connectivity index (χ0) is 13.1.